The number of para-hydroxylation sites is 1. The van der Waals surface area contributed by atoms with Gasteiger partial charge in [-0.25, -0.2) is 13.1 Å². The number of rotatable bonds is 5. The Morgan fingerprint density at radius 3 is 2.55 bits per heavy atom. The van der Waals surface area contributed by atoms with E-state index in [1.807, 2.05) is 6.07 Å². The van der Waals surface area contributed by atoms with E-state index in [1.54, 1.807) is 25.2 Å². The normalized spacial score (nSPS) is 26.6. The Balaban J connectivity index is 2.20. The molecule has 1 aliphatic carbocycles. The van der Waals surface area contributed by atoms with Gasteiger partial charge in [0.25, 0.3) is 0 Å². The van der Waals surface area contributed by atoms with Crippen LogP contribution in [0, 0.1) is 11.8 Å². The van der Waals surface area contributed by atoms with Crippen molar-refractivity contribution in [3.8, 4) is 0 Å². The highest BCUT2D eigenvalue weighted by Crippen LogP contribution is 2.35. The van der Waals surface area contributed by atoms with E-state index in [2.05, 4.69) is 23.9 Å². The van der Waals surface area contributed by atoms with Crippen LogP contribution >= 0.6 is 0 Å². The van der Waals surface area contributed by atoms with Crippen LogP contribution in [0.4, 0.5) is 5.69 Å². The number of hydrogen-bond acceptors (Lipinski definition) is 3. The topological polar surface area (TPSA) is 58.2 Å². The van der Waals surface area contributed by atoms with Gasteiger partial charge in [-0.05, 0) is 36.8 Å². The molecule has 0 aliphatic heterocycles. The lowest BCUT2D eigenvalue weighted by Gasteiger charge is -2.21. The van der Waals surface area contributed by atoms with Crippen molar-refractivity contribution >= 4 is 15.7 Å². The first kappa shape index (κ1) is 15.3. The van der Waals surface area contributed by atoms with Gasteiger partial charge >= 0.3 is 0 Å². The summed E-state index contributed by atoms with van der Waals surface area (Å²) in [5, 5.41) is 2.94. The highest BCUT2D eigenvalue weighted by atomic mass is 32.2. The van der Waals surface area contributed by atoms with Crippen LogP contribution in [0.3, 0.4) is 0 Å². The Hall–Kier alpha value is -1.07. The van der Waals surface area contributed by atoms with E-state index in [-0.39, 0.29) is 6.04 Å². The summed E-state index contributed by atoms with van der Waals surface area (Å²) in [6.45, 7) is 4.33. The molecule has 4 nitrogen and oxygen atoms in total. The highest BCUT2D eigenvalue weighted by Gasteiger charge is 2.34. The summed E-state index contributed by atoms with van der Waals surface area (Å²) < 4.78 is 28.0. The van der Waals surface area contributed by atoms with Crippen molar-refractivity contribution in [2.45, 2.75) is 44.0 Å². The summed E-state index contributed by atoms with van der Waals surface area (Å²) in [7, 11) is -1.73. The zero-order valence-corrected chi connectivity index (χ0v) is 13.2. The minimum atomic E-state index is -3.46. The molecule has 0 spiro atoms. The van der Waals surface area contributed by atoms with Crippen LogP contribution in [0.25, 0.3) is 0 Å². The fourth-order valence-corrected chi connectivity index (χ4v) is 4.74. The van der Waals surface area contributed by atoms with Crippen LogP contribution in [0.2, 0.25) is 0 Å². The Morgan fingerprint density at radius 2 is 1.95 bits per heavy atom. The second-order valence-electron chi connectivity index (χ2n) is 5.58. The first-order chi connectivity index (χ1) is 9.49. The van der Waals surface area contributed by atoms with Crippen LogP contribution in [0.5, 0.6) is 0 Å². The standard InChI is InChI=1S/C15H24N2O2S/c1-4-12-9-10-13(11(12)2)17-20(18,19)15-8-6-5-7-14(15)16-3/h5-8,11-13,16-17H,4,9-10H2,1-3H3. The fourth-order valence-electron chi connectivity index (χ4n) is 3.16. The molecule has 0 amide bonds. The van der Waals surface area contributed by atoms with Gasteiger partial charge in [0.15, 0.2) is 0 Å². The molecule has 0 heterocycles. The maximum Gasteiger partial charge on any atom is 0.242 e. The van der Waals surface area contributed by atoms with E-state index < -0.39 is 10.0 Å². The van der Waals surface area contributed by atoms with Crippen LogP contribution in [-0.4, -0.2) is 21.5 Å². The predicted molar refractivity (Wildman–Crippen MR) is 82.3 cm³/mol. The lowest BCUT2D eigenvalue weighted by atomic mass is 9.94. The summed E-state index contributed by atoms with van der Waals surface area (Å²) in [5.41, 5.74) is 0.637. The number of benzene rings is 1. The van der Waals surface area contributed by atoms with E-state index in [9.17, 15) is 8.42 Å². The molecule has 0 bridgehead atoms. The van der Waals surface area contributed by atoms with Crippen molar-refractivity contribution in [3.63, 3.8) is 0 Å². The molecule has 5 heteroatoms. The molecule has 112 valence electrons. The van der Waals surface area contributed by atoms with Gasteiger partial charge in [0, 0.05) is 13.1 Å². The van der Waals surface area contributed by atoms with Crippen LogP contribution in [-0.2, 0) is 10.0 Å². The molecule has 2 rings (SSSR count). The molecule has 3 atom stereocenters. The lowest BCUT2D eigenvalue weighted by Crippen LogP contribution is -2.37. The van der Waals surface area contributed by atoms with Gasteiger partial charge in [-0.2, -0.15) is 0 Å². The van der Waals surface area contributed by atoms with E-state index in [1.165, 1.54) is 0 Å². The molecule has 0 saturated heterocycles. The first-order valence-corrected chi connectivity index (χ1v) is 8.77. The predicted octanol–water partition coefficient (Wildman–Crippen LogP) is 2.83. The summed E-state index contributed by atoms with van der Waals surface area (Å²) in [4.78, 5) is 0.328. The summed E-state index contributed by atoms with van der Waals surface area (Å²) >= 11 is 0. The summed E-state index contributed by atoms with van der Waals surface area (Å²) in [6, 6.07) is 7.06. The average Bonchev–Trinajstić information content (AvgIpc) is 2.79. The molecule has 0 aromatic heterocycles. The second kappa shape index (κ2) is 6.14. The molecule has 1 fully saturated rings. The molecule has 1 aromatic rings. The molecule has 1 aromatic carbocycles. The van der Waals surface area contributed by atoms with Crippen molar-refractivity contribution < 1.29 is 8.42 Å². The third-order valence-electron chi connectivity index (χ3n) is 4.50. The number of hydrogen-bond donors (Lipinski definition) is 2. The van der Waals surface area contributed by atoms with Gasteiger partial charge in [0.05, 0.1) is 5.69 Å². The molecule has 1 saturated carbocycles. The van der Waals surface area contributed by atoms with Crippen molar-refractivity contribution in [3.05, 3.63) is 24.3 Å². The van der Waals surface area contributed by atoms with Crippen molar-refractivity contribution in [2.24, 2.45) is 11.8 Å². The average molecular weight is 296 g/mol. The third-order valence-corrected chi connectivity index (χ3v) is 6.05. The Morgan fingerprint density at radius 1 is 1.25 bits per heavy atom. The minimum absolute atomic E-state index is 0.0508. The Kier molecular flexibility index (Phi) is 4.70. The van der Waals surface area contributed by atoms with Crippen LogP contribution < -0.4 is 10.0 Å². The largest absolute Gasteiger partial charge is 0.387 e. The lowest BCUT2D eigenvalue weighted by molar-refractivity contribution is 0.368. The molecule has 3 unspecified atom stereocenters. The molecule has 1 aliphatic rings. The van der Waals surface area contributed by atoms with E-state index >= 15 is 0 Å². The summed E-state index contributed by atoms with van der Waals surface area (Å²) in [5.74, 6) is 1.03. The Labute approximate surface area is 122 Å². The SMILES string of the molecule is CCC1CCC(NS(=O)(=O)c2ccccc2NC)C1C. The van der Waals surface area contributed by atoms with Gasteiger partial charge in [0.1, 0.15) is 4.90 Å². The van der Waals surface area contributed by atoms with Crippen LogP contribution in [0.1, 0.15) is 33.1 Å². The van der Waals surface area contributed by atoms with Gasteiger partial charge in [0.2, 0.25) is 10.0 Å². The number of nitrogens with one attached hydrogen (secondary N) is 2. The number of anilines is 1. The molecule has 2 N–H and O–H groups in total. The zero-order chi connectivity index (χ0) is 14.8. The smallest absolute Gasteiger partial charge is 0.242 e. The second-order valence-corrected chi connectivity index (χ2v) is 7.26. The third kappa shape index (κ3) is 2.99. The van der Waals surface area contributed by atoms with Crippen molar-refractivity contribution in [2.75, 3.05) is 12.4 Å². The zero-order valence-electron chi connectivity index (χ0n) is 12.4. The molecule has 0 radical (unpaired) electrons. The van der Waals surface area contributed by atoms with Gasteiger partial charge in [-0.1, -0.05) is 32.4 Å². The monoisotopic (exact) mass is 296 g/mol. The molecular formula is C15H24N2O2S. The summed E-state index contributed by atoms with van der Waals surface area (Å²) in [6.07, 6.45) is 3.16. The van der Waals surface area contributed by atoms with Crippen molar-refractivity contribution in [1.29, 1.82) is 0 Å². The van der Waals surface area contributed by atoms with E-state index in [4.69, 9.17) is 0 Å². The highest BCUT2D eigenvalue weighted by molar-refractivity contribution is 7.89. The van der Waals surface area contributed by atoms with E-state index in [0.717, 1.165) is 19.3 Å². The van der Waals surface area contributed by atoms with Gasteiger partial charge in [-0.3, -0.25) is 0 Å². The minimum Gasteiger partial charge on any atom is -0.387 e. The van der Waals surface area contributed by atoms with Crippen molar-refractivity contribution in [1.82, 2.24) is 4.72 Å². The maximum absolute atomic E-state index is 12.6. The van der Waals surface area contributed by atoms with Crippen LogP contribution in [0.15, 0.2) is 29.2 Å². The quantitative estimate of drug-likeness (QED) is 0.878. The van der Waals surface area contributed by atoms with Gasteiger partial charge in [-0.15, -0.1) is 0 Å². The fraction of sp³-hybridized carbons (Fsp3) is 0.600. The first-order valence-electron chi connectivity index (χ1n) is 7.28. The number of sulfonamides is 1. The van der Waals surface area contributed by atoms with E-state index in [0.29, 0.717) is 22.4 Å². The van der Waals surface area contributed by atoms with Gasteiger partial charge < -0.3 is 5.32 Å². The molecule has 20 heavy (non-hydrogen) atoms. The Bertz CT molecular complexity index is 557. The molecular weight excluding hydrogens is 272 g/mol. The maximum atomic E-state index is 12.6.